The van der Waals surface area contributed by atoms with Crippen molar-refractivity contribution >= 4 is 16.5 Å². The predicted octanol–water partition coefficient (Wildman–Crippen LogP) is 1.41. The first kappa shape index (κ1) is 12.1. The highest BCUT2D eigenvalue weighted by Gasteiger charge is 2.39. The lowest BCUT2D eigenvalue weighted by molar-refractivity contribution is 0.201. The number of thiazole rings is 1. The summed E-state index contributed by atoms with van der Waals surface area (Å²) in [5.74, 6) is 0.908. The van der Waals surface area contributed by atoms with E-state index in [1.54, 1.807) is 11.3 Å². The van der Waals surface area contributed by atoms with Crippen molar-refractivity contribution in [3.63, 3.8) is 0 Å². The topological polar surface area (TPSA) is 31.4 Å². The van der Waals surface area contributed by atoms with Crippen LogP contribution in [0.25, 0.3) is 0 Å². The van der Waals surface area contributed by atoms with E-state index in [2.05, 4.69) is 25.5 Å². The van der Waals surface area contributed by atoms with Crippen molar-refractivity contribution in [2.24, 2.45) is 5.92 Å². The molecule has 104 valence electrons. The van der Waals surface area contributed by atoms with E-state index in [1.165, 1.54) is 44.0 Å². The van der Waals surface area contributed by atoms with Gasteiger partial charge in [-0.2, -0.15) is 0 Å². The molecule has 0 aromatic carbocycles. The van der Waals surface area contributed by atoms with Gasteiger partial charge in [-0.3, -0.25) is 4.90 Å². The average Bonchev–Trinajstić information content (AvgIpc) is 3.17. The van der Waals surface area contributed by atoms with Crippen molar-refractivity contribution in [2.45, 2.75) is 31.3 Å². The molecule has 0 spiro atoms. The molecule has 5 heteroatoms. The minimum Gasteiger partial charge on any atom is -0.346 e. The van der Waals surface area contributed by atoms with Crippen molar-refractivity contribution < 1.29 is 0 Å². The van der Waals surface area contributed by atoms with Gasteiger partial charge in [0.05, 0.1) is 0 Å². The standard InChI is InChI=1S/C14H22N4S/c1-2-13-11(9-12(1)16-13)10-17-4-6-18(7-5-17)14-15-3-8-19-14/h3,8,11-13,16H,1-2,4-7,9-10H2. The Morgan fingerprint density at radius 3 is 2.79 bits per heavy atom. The van der Waals surface area contributed by atoms with Gasteiger partial charge in [-0.15, -0.1) is 11.3 Å². The lowest BCUT2D eigenvalue weighted by atomic mass is 9.88. The van der Waals surface area contributed by atoms with Crippen molar-refractivity contribution in [3.05, 3.63) is 11.6 Å². The summed E-state index contributed by atoms with van der Waals surface area (Å²) in [6.07, 6.45) is 6.15. The summed E-state index contributed by atoms with van der Waals surface area (Å²) < 4.78 is 0. The van der Waals surface area contributed by atoms with E-state index in [9.17, 15) is 0 Å². The van der Waals surface area contributed by atoms with Crippen LogP contribution in [0.3, 0.4) is 0 Å². The Labute approximate surface area is 118 Å². The van der Waals surface area contributed by atoms with Gasteiger partial charge < -0.3 is 10.2 Å². The molecule has 2 bridgehead atoms. The summed E-state index contributed by atoms with van der Waals surface area (Å²) in [6, 6.07) is 1.66. The van der Waals surface area contributed by atoms with Crippen molar-refractivity contribution in [2.75, 3.05) is 37.6 Å². The van der Waals surface area contributed by atoms with Crippen LogP contribution in [-0.4, -0.2) is 54.7 Å². The Kier molecular flexibility index (Phi) is 3.21. The fourth-order valence-electron chi connectivity index (χ4n) is 3.96. The molecule has 0 aliphatic carbocycles. The van der Waals surface area contributed by atoms with Gasteiger partial charge in [-0.25, -0.2) is 4.98 Å². The zero-order valence-corrected chi connectivity index (χ0v) is 12.1. The molecule has 3 unspecified atom stereocenters. The normalized spacial score (nSPS) is 35.2. The molecule has 4 rings (SSSR count). The molecule has 3 fully saturated rings. The number of nitrogens with zero attached hydrogens (tertiary/aromatic N) is 3. The Bertz CT molecular complexity index is 413. The second-order valence-electron chi connectivity index (χ2n) is 6.15. The van der Waals surface area contributed by atoms with E-state index in [1.807, 2.05) is 6.20 Å². The summed E-state index contributed by atoms with van der Waals surface area (Å²) >= 11 is 1.76. The molecule has 4 heterocycles. The largest absolute Gasteiger partial charge is 0.346 e. The molecule has 1 N–H and O–H groups in total. The van der Waals surface area contributed by atoms with Crippen LogP contribution in [0, 0.1) is 5.92 Å². The predicted molar refractivity (Wildman–Crippen MR) is 78.8 cm³/mol. The number of rotatable bonds is 3. The molecule has 4 nitrogen and oxygen atoms in total. The van der Waals surface area contributed by atoms with Crippen molar-refractivity contribution in [3.8, 4) is 0 Å². The van der Waals surface area contributed by atoms with Gasteiger partial charge in [0.2, 0.25) is 0 Å². The third-order valence-corrected chi connectivity index (χ3v) is 5.82. The van der Waals surface area contributed by atoms with Gasteiger partial charge in [0.15, 0.2) is 5.13 Å². The molecule has 0 saturated carbocycles. The minimum absolute atomic E-state index is 0.821. The van der Waals surface area contributed by atoms with E-state index >= 15 is 0 Å². The number of piperazine rings is 1. The van der Waals surface area contributed by atoms with Gasteiger partial charge in [-0.1, -0.05) is 0 Å². The van der Waals surface area contributed by atoms with Gasteiger partial charge >= 0.3 is 0 Å². The lowest BCUT2D eigenvalue weighted by Crippen LogP contribution is -2.48. The molecule has 3 aliphatic heterocycles. The molecule has 3 aliphatic rings. The van der Waals surface area contributed by atoms with Crippen LogP contribution in [0.5, 0.6) is 0 Å². The van der Waals surface area contributed by atoms with Crippen molar-refractivity contribution in [1.29, 1.82) is 0 Å². The highest BCUT2D eigenvalue weighted by atomic mass is 32.1. The molecule has 19 heavy (non-hydrogen) atoms. The number of hydrogen-bond donors (Lipinski definition) is 1. The fraction of sp³-hybridized carbons (Fsp3) is 0.786. The molecule has 0 amide bonds. The highest BCUT2D eigenvalue weighted by Crippen LogP contribution is 2.33. The van der Waals surface area contributed by atoms with Crippen LogP contribution >= 0.6 is 11.3 Å². The van der Waals surface area contributed by atoms with Crippen LogP contribution in [0.1, 0.15) is 19.3 Å². The van der Waals surface area contributed by atoms with Gasteiger partial charge in [-0.05, 0) is 25.2 Å². The smallest absolute Gasteiger partial charge is 0.185 e. The molecule has 3 saturated heterocycles. The SMILES string of the molecule is c1csc(N2CCN(CC3CC4CCC3N4)CC2)n1. The Morgan fingerprint density at radius 2 is 2.16 bits per heavy atom. The van der Waals surface area contributed by atoms with Gasteiger partial charge in [0, 0.05) is 56.4 Å². The fourth-order valence-corrected chi connectivity index (χ4v) is 4.66. The van der Waals surface area contributed by atoms with Crippen LogP contribution in [0.2, 0.25) is 0 Å². The summed E-state index contributed by atoms with van der Waals surface area (Å²) in [7, 11) is 0. The second kappa shape index (κ2) is 5.04. The average molecular weight is 278 g/mol. The molecular formula is C14H22N4S. The summed E-state index contributed by atoms with van der Waals surface area (Å²) in [6.45, 7) is 5.99. The highest BCUT2D eigenvalue weighted by molar-refractivity contribution is 7.13. The van der Waals surface area contributed by atoms with Crippen LogP contribution in [0.15, 0.2) is 11.6 Å². The summed E-state index contributed by atoms with van der Waals surface area (Å²) in [5.41, 5.74) is 0. The quantitative estimate of drug-likeness (QED) is 0.906. The number of aromatic nitrogens is 1. The first-order chi connectivity index (χ1) is 9.38. The Morgan fingerprint density at radius 1 is 1.26 bits per heavy atom. The van der Waals surface area contributed by atoms with E-state index in [4.69, 9.17) is 0 Å². The zero-order valence-electron chi connectivity index (χ0n) is 11.3. The third-order valence-electron chi connectivity index (χ3n) is 4.99. The Balaban J connectivity index is 1.29. The lowest BCUT2D eigenvalue weighted by Gasteiger charge is -2.37. The molecule has 1 aromatic rings. The van der Waals surface area contributed by atoms with E-state index in [0.29, 0.717) is 0 Å². The second-order valence-corrected chi connectivity index (χ2v) is 7.02. The van der Waals surface area contributed by atoms with Crippen LogP contribution < -0.4 is 10.2 Å². The van der Waals surface area contributed by atoms with Crippen LogP contribution in [0.4, 0.5) is 5.13 Å². The summed E-state index contributed by atoms with van der Waals surface area (Å²) in [5, 5.41) is 7.02. The molecule has 0 radical (unpaired) electrons. The van der Waals surface area contributed by atoms with E-state index in [-0.39, 0.29) is 0 Å². The number of fused-ring (bicyclic) bond motifs is 2. The number of anilines is 1. The van der Waals surface area contributed by atoms with Gasteiger partial charge in [0.25, 0.3) is 0 Å². The maximum atomic E-state index is 4.42. The maximum absolute atomic E-state index is 4.42. The first-order valence-electron chi connectivity index (χ1n) is 7.51. The zero-order chi connectivity index (χ0) is 12.7. The van der Waals surface area contributed by atoms with E-state index in [0.717, 1.165) is 31.1 Å². The van der Waals surface area contributed by atoms with Gasteiger partial charge in [0.1, 0.15) is 0 Å². The molecule has 1 aromatic heterocycles. The summed E-state index contributed by atoms with van der Waals surface area (Å²) in [4.78, 5) is 9.51. The number of nitrogens with one attached hydrogen (secondary N) is 1. The number of hydrogen-bond acceptors (Lipinski definition) is 5. The van der Waals surface area contributed by atoms with Crippen LogP contribution in [-0.2, 0) is 0 Å². The minimum atomic E-state index is 0.821. The third kappa shape index (κ3) is 2.39. The maximum Gasteiger partial charge on any atom is 0.185 e. The van der Waals surface area contributed by atoms with E-state index < -0.39 is 0 Å². The molecular weight excluding hydrogens is 256 g/mol. The Hall–Kier alpha value is -0.650. The molecule has 3 atom stereocenters. The monoisotopic (exact) mass is 278 g/mol. The first-order valence-corrected chi connectivity index (χ1v) is 8.39. The van der Waals surface area contributed by atoms with Crippen molar-refractivity contribution in [1.82, 2.24) is 15.2 Å².